The molecule has 0 unspecified atom stereocenters. The molecule has 0 aliphatic heterocycles. The van der Waals surface area contributed by atoms with E-state index in [0.29, 0.717) is 19.5 Å². The second-order valence-electron chi connectivity index (χ2n) is 4.71. The summed E-state index contributed by atoms with van der Waals surface area (Å²) in [4.78, 5) is 0. The summed E-state index contributed by atoms with van der Waals surface area (Å²) in [6.07, 6.45) is 2.51. The van der Waals surface area contributed by atoms with Crippen LogP contribution in [-0.2, 0) is 13.1 Å². The Hall–Kier alpha value is -1.79. The standard InChI is InChI=1S/C14H19FN4O/c1-11(12-4-2-5-13(15)8-12)16-9-14-10-19(18-17-14)6-3-7-20/h2,4-5,8,10-11,16,20H,3,6-7,9H2,1H3/t11-/m1/s1. The van der Waals surface area contributed by atoms with Gasteiger partial charge in [0.15, 0.2) is 0 Å². The van der Waals surface area contributed by atoms with Crippen LogP contribution in [0.5, 0.6) is 0 Å². The van der Waals surface area contributed by atoms with Gasteiger partial charge in [0.2, 0.25) is 0 Å². The molecule has 0 bridgehead atoms. The van der Waals surface area contributed by atoms with Gasteiger partial charge in [-0.05, 0) is 31.0 Å². The van der Waals surface area contributed by atoms with Crippen molar-refractivity contribution in [3.8, 4) is 0 Å². The Kier molecular flexibility index (Phi) is 5.20. The van der Waals surface area contributed by atoms with E-state index in [9.17, 15) is 4.39 Å². The van der Waals surface area contributed by atoms with E-state index in [-0.39, 0.29) is 18.5 Å². The van der Waals surface area contributed by atoms with Crippen molar-refractivity contribution in [2.24, 2.45) is 0 Å². The van der Waals surface area contributed by atoms with Crippen LogP contribution < -0.4 is 5.32 Å². The predicted molar refractivity (Wildman–Crippen MR) is 73.4 cm³/mol. The Balaban J connectivity index is 1.86. The minimum atomic E-state index is -0.230. The normalized spacial score (nSPS) is 12.6. The Bertz CT molecular complexity index is 543. The van der Waals surface area contributed by atoms with E-state index < -0.39 is 0 Å². The fourth-order valence-electron chi connectivity index (χ4n) is 1.91. The molecule has 0 fully saturated rings. The molecule has 2 rings (SSSR count). The lowest BCUT2D eigenvalue weighted by Gasteiger charge is -2.13. The van der Waals surface area contributed by atoms with Crippen LogP contribution in [-0.4, -0.2) is 26.7 Å². The molecule has 2 aromatic rings. The third-order valence-corrected chi connectivity index (χ3v) is 3.07. The molecule has 1 aromatic heterocycles. The molecule has 0 radical (unpaired) electrons. The van der Waals surface area contributed by atoms with Crippen LogP contribution in [0.15, 0.2) is 30.5 Å². The number of aryl methyl sites for hydroxylation is 1. The molecule has 0 saturated heterocycles. The van der Waals surface area contributed by atoms with Crippen LogP contribution >= 0.6 is 0 Å². The zero-order valence-electron chi connectivity index (χ0n) is 11.5. The third-order valence-electron chi connectivity index (χ3n) is 3.07. The first kappa shape index (κ1) is 14.6. The van der Waals surface area contributed by atoms with Crippen LogP contribution in [0.4, 0.5) is 4.39 Å². The van der Waals surface area contributed by atoms with Crippen molar-refractivity contribution in [1.29, 1.82) is 0 Å². The van der Waals surface area contributed by atoms with Gasteiger partial charge < -0.3 is 10.4 Å². The molecule has 0 spiro atoms. The summed E-state index contributed by atoms with van der Waals surface area (Å²) >= 11 is 0. The lowest BCUT2D eigenvalue weighted by molar-refractivity contribution is 0.276. The van der Waals surface area contributed by atoms with E-state index >= 15 is 0 Å². The van der Waals surface area contributed by atoms with Crippen molar-refractivity contribution in [2.75, 3.05) is 6.61 Å². The minimum absolute atomic E-state index is 0.0355. The highest BCUT2D eigenvalue weighted by molar-refractivity contribution is 5.19. The summed E-state index contributed by atoms with van der Waals surface area (Å²) in [6, 6.07) is 6.58. The SMILES string of the molecule is C[C@@H](NCc1cn(CCCO)nn1)c1cccc(F)c1. The number of aliphatic hydroxyl groups excluding tert-OH is 1. The van der Waals surface area contributed by atoms with E-state index in [1.807, 2.05) is 19.2 Å². The third kappa shape index (κ3) is 4.11. The van der Waals surface area contributed by atoms with Crippen molar-refractivity contribution >= 4 is 0 Å². The Labute approximate surface area is 117 Å². The van der Waals surface area contributed by atoms with E-state index in [1.165, 1.54) is 12.1 Å². The van der Waals surface area contributed by atoms with Crippen molar-refractivity contribution in [3.63, 3.8) is 0 Å². The van der Waals surface area contributed by atoms with E-state index in [4.69, 9.17) is 5.11 Å². The van der Waals surface area contributed by atoms with E-state index in [0.717, 1.165) is 11.3 Å². The van der Waals surface area contributed by atoms with Gasteiger partial charge in [0.25, 0.3) is 0 Å². The highest BCUT2D eigenvalue weighted by Crippen LogP contribution is 2.13. The van der Waals surface area contributed by atoms with Gasteiger partial charge in [-0.15, -0.1) is 5.10 Å². The van der Waals surface area contributed by atoms with Gasteiger partial charge in [0, 0.05) is 31.9 Å². The molecule has 20 heavy (non-hydrogen) atoms. The maximum absolute atomic E-state index is 13.1. The summed E-state index contributed by atoms with van der Waals surface area (Å²) in [6.45, 7) is 3.34. The van der Waals surface area contributed by atoms with Crippen LogP contribution in [0, 0.1) is 5.82 Å². The molecule has 1 heterocycles. The van der Waals surface area contributed by atoms with Crippen molar-refractivity contribution < 1.29 is 9.50 Å². The van der Waals surface area contributed by atoms with Crippen LogP contribution in [0.25, 0.3) is 0 Å². The number of halogens is 1. The van der Waals surface area contributed by atoms with Gasteiger partial charge in [-0.1, -0.05) is 17.3 Å². The number of hydrogen-bond donors (Lipinski definition) is 2. The Morgan fingerprint density at radius 3 is 3.05 bits per heavy atom. The van der Waals surface area contributed by atoms with Gasteiger partial charge in [-0.25, -0.2) is 4.39 Å². The molecule has 0 aliphatic carbocycles. The second-order valence-corrected chi connectivity index (χ2v) is 4.71. The average Bonchev–Trinajstić information content (AvgIpc) is 2.90. The molecular weight excluding hydrogens is 259 g/mol. The number of nitrogens with one attached hydrogen (secondary N) is 1. The Morgan fingerprint density at radius 1 is 1.45 bits per heavy atom. The number of rotatable bonds is 7. The summed E-state index contributed by atoms with van der Waals surface area (Å²) < 4.78 is 14.8. The van der Waals surface area contributed by atoms with Gasteiger partial charge >= 0.3 is 0 Å². The summed E-state index contributed by atoms with van der Waals surface area (Å²) in [5, 5.41) is 20.1. The molecule has 0 saturated carbocycles. The first-order valence-corrected chi connectivity index (χ1v) is 6.68. The smallest absolute Gasteiger partial charge is 0.123 e. The lowest BCUT2D eigenvalue weighted by atomic mass is 10.1. The molecule has 1 atom stereocenters. The maximum Gasteiger partial charge on any atom is 0.123 e. The molecular formula is C14H19FN4O. The lowest BCUT2D eigenvalue weighted by Crippen LogP contribution is -2.18. The van der Waals surface area contributed by atoms with Crippen molar-refractivity contribution in [1.82, 2.24) is 20.3 Å². The molecule has 6 heteroatoms. The summed E-state index contributed by atoms with van der Waals surface area (Å²) in [7, 11) is 0. The number of aromatic nitrogens is 3. The number of aliphatic hydroxyl groups is 1. The van der Waals surface area contributed by atoms with Gasteiger partial charge in [-0.2, -0.15) is 0 Å². The van der Waals surface area contributed by atoms with Crippen LogP contribution in [0.1, 0.15) is 30.6 Å². The zero-order valence-corrected chi connectivity index (χ0v) is 11.5. The second kappa shape index (κ2) is 7.12. The highest BCUT2D eigenvalue weighted by atomic mass is 19.1. The topological polar surface area (TPSA) is 63.0 Å². The fraction of sp³-hybridized carbons (Fsp3) is 0.429. The molecule has 0 aliphatic rings. The molecule has 5 nitrogen and oxygen atoms in total. The maximum atomic E-state index is 13.1. The molecule has 108 valence electrons. The highest BCUT2D eigenvalue weighted by Gasteiger charge is 2.07. The van der Waals surface area contributed by atoms with Gasteiger partial charge in [0.1, 0.15) is 5.82 Å². The zero-order chi connectivity index (χ0) is 14.4. The fourth-order valence-corrected chi connectivity index (χ4v) is 1.91. The van der Waals surface area contributed by atoms with Gasteiger partial charge in [0.05, 0.1) is 5.69 Å². The molecule has 1 aromatic carbocycles. The van der Waals surface area contributed by atoms with Crippen LogP contribution in [0.2, 0.25) is 0 Å². The monoisotopic (exact) mass is 278 g/mol. The largest absolute Gasteiger partial charge is 0.396 e. The summed E-state index contributed by atoms with van der Waals surface area (Å²) in [5.41, 5.74) is 1.73. The summed E-state index contributed by atoms with van der Waals surface area (Å²) in [5.74, 6) is -0.230. The minimum Gasteiger partial charge on any atom is -0.396 e. The first-order chi connectivity index (χ1) is 9.69. The van der Waals surface area contributed by atoms with E-state index in [1.54, 1.807) is 10.7 Å². The van der Waals surface area contributed by atoms with Gasteiger partial charge in [-0.3, -0.25) is 4.68 Å². The van der Waals surface area contributed by atoms with Crippen molar-refractivity contribution in [2.45, 2.75) is 32.5 Å². The Morgan fingerprint density at radius 2 is 2.30 bits per heavy atom. The molecule has 2 N–H and O–H groups in total. The first-order valence-electron chi connectivity index (χ1n) is 6.68. The van der Waals surface area contributed by atoms with Crippen LogP contribution in [0.3, 0.4) is 0 Å². The van der Waals surface area contributed by atoms with Crippen molar-refractivity contribution in [3.05, 3.63) is 47.5 Å². The quantitative estimate of drug-likeness (QED) is 0.808. The number of benzene rings is 1. The van der Waals surface area contributed by atoms with E-state index in [2.05, 4.69) is 15.6 Å². The predicted octanol–water partition coefficient (Wildman–Crippen LogP) is 1.65. The average molecular weight is 278 g/mol. The molecule has 0 amide bonds. The number of nitrogens with zero attached hydrogens (tertiary/aromatic N) is 3. The number of hydrogen-bond acceptors (Lipinski definition) is 4.